The lowest BCUT2D eigenvalue weighted by Gasteiger charge is -2.39. The van der Waals surface area contributed by atoms with Crippen LogP contribution in [0.4, 0.5) is 10.6 Å². The van der Waals surface area contributed by atoms with E-state index < -0.39 is 5.60 Å². The summed E-state index contributed by atoms with van der Waals surface area (Å²) in [5.74, 6) is 0.739. The van der Waals surface area contributed by atoms with Crippen molar-refractivity contribution >= 4 is 22.8 Å². The van der Waals surface area contributed by atoms with Crippen LogP contribution in [0, 0.1) is 0 Å². The summed E-state index contributed by atoms with van der Waals surface area (Å²) in [6.07, 6.45) is 9.06. The molecular formula is C26H30N8O2. The van der Waals surface area contributed by atoms with Gasteiger partial charge in [0.25, 0.3) is 0 Å². The molecule has 10 nitrogen and oxygen atoms in total. The normalized spacial score (nSPS) is 21.6. The molecule has 0 radical (unpaired) electrons. The largest absolute Gasteiger partial charge is 0.444 e. The number of amides is 1. The van der Waals surface area contributed by atoms with Gasteiger partial charge in [-0.2, -0.15) is 10.2 Å². The van der Waals surface area contributed by atoms with Crippen molar-refractivity contribution in [2.75, 3.05) is 5.32 Å². The van der Waals surface area contributed by atoms with Gasteiger partial charge in [0.05, 0.1) is 23.1 Å². The molecule has 0 spiro atoms. The summed E-state index contributed by atoms with van der Waals surface area (Å²) in [4.78, 5) is 14.7. The van der Waals surface area contributed by atoms with E-state index in [9.17, 15) is 4.79 Å². The number of anilines is 1. The third-order valence-corrected chi connectivity index (χ3v) is 6.97. The van der Waals surface area contributed by atoms with Gasteiger partial charge in [0.15, 0.2) is 0 Å². The number of aromatic nitrogens is 6. The predicted octanol–water partition coefficient (Wildman–Crippen LogP) is 4.55. The fraction of sp³-hybridized carbons (Fsp3) is 0.423. The molecule has 2 unspecified atom stereocenters. The van der Waals surface area contributed by atoms with E-state index in [2.05, 4.69) is 30.8 Å². The smallest absolute Gasteiger partial charge is 0.410 e. The van der Waals surface area contributed by atoms with E-state index in [1.54, 1.807) is 12.4 Å². The van der Waals surface area contributed by atoms with Crippen LogP contribution in [0.2, 0.25) is 0 Å². The van der Waals surface area contributed by atoms with Gasteiger partial charge in [-0.1, -0.05) is 0 Å². The van der Waals surface area contributed by atoms with Gasteiger partial charge in [-0.25, -0.2) is 9.48 Å². The summed E-state index contributed by atoms with van der Waals surface area (Å²) in [6.45, 7) is 5.73. The van der Waals surface area contributed by atoms with E-state index in [-0.39, 0.29) is 24.2 Å². The molecule has 2 bridgehead atoms. The van der Waals surface area contributed by atoms with Crippen LogP contribution in [-0.2, 0) is 4.74 Å². The number of nitrogens with zero attached hydrogens (tertiary/aromatic N) is 6. The molecule has 1 aromatic carbocycles. The highest BCUT2D eigenvalue weighted by molar-refractivity contribution is 5.97. The first-order valence-corrected chi connectivity index (χ1v) is 12.4. The Morgan fingerprint density at radius 1 is 1.11 bits per heavy atom. The lowest BCUT2D eigenvalue weighted by Crippen LogP contribution is -2.51. The van der Waals surface area contributed by atoms with Gasteiger partial charge in [0.2, 0.25) is 0 Å². The maximum atomic E-state index is 12.7. The number of hydrogen-bond acceptors (Lipinski definition) is 7. The number of aromatic amines is 1. The molecule has 2 atom stereocenters. The highest BCUT2D eigenvalue weighted by atomic mass is 16.6. The first-order chi connectivity index (χ1) is 17.4. The van der Waals surface area contributed by atoms with E-state index in [0.29, 0.717) is 0 Å². The molecule has 4 aromatic rings. The monoisotopic (exact) mass is 486 g/mol. The van der Waals surface area contributed by atoms with Gasteiger partial charge in [-0.3, -0.25) is 5.10 Å². The molecule has 0 saturated carbocycles. The molecule has 0 aliphatic carbocycles. The van der Waals surface area contributed by atoms with Crippen LogP contribution >= 0.6 is 0 Å². The molecule has 2 aliphatic heterocycles. The van der Waals surface area contributed by atoms with Gasteiger partial charge in [-0.15, -0.1) is 10.2 Å². The van der Waals surface area contributed by atoms with Crippen LogP contribution in [0.5, 0.6) is 0 Å². The van der Waals surface area contributed by atoms with Gasteiger partial charge in [-0.05, 0) is 76.8 Å². The van der Waals surface area contributed by atoms with Crippen molar-refractivity contribution in [1.82, 2.24) is 35.1 Å². The Kier molecular flexibility index (Phi) is 5.39. The zero-order valence-corrected chi connectivity index (χ0v) is 20.7. The molecule has 10 heteroatoms. The van der Waals surface area contributed by atoms with Gasteiger partial charge in [0, 0.05) is 41.5 Å². The van der Waals surface area contributed by atoms with Crippen molar-refractivity contribution < 1.29 is 9.53 Å². The Morgan fingerprint density at radius 3 is 2.58 bits per heavy atom. The Bertz CT molecular complexity index is 1360. The molecule has 2 aliphatic rings. The fourth-order valence-electron chi connectivity index (χ4n) is 5.52. The Labute approximate surface area is 209 Å². The number of H-pyrrole nitrogens is 1. The average Bonchev–Trinajstić information content (AvgIpc) is 3.58. The van der Waals surface area contributed by atoms with Gasteiger partial charge < -0.3 is 15.0 Å². The lowest BCUT2D eigenvalue weighted by molar-refractivity contribution is 0.00682. The average molecular weight is 487 g/mol. The number of piperidine rings is 1. The number of carbonyl (C=O) groups is 1. The minimum Gasteiger partial charge on any atom is -0.444 e. The van der Waals surface area contributed by atoms with Crippen molar-refractivity contribution in [2.45, 2.75) is 70.2 Å². The first-order valence-electron chi connectivity index (χ1n) is 12.4. The molecule has 2 fully saturated rings. The molecule has 1 amide bonds. The van der Waals surface area contributed by atoms with Crippen LogP contribution in [0.3, 0.4) is 0 Å². The van der Waals surface area contributed by atoms with Crippen molar-refractivity contribution in [3.63, 3.8) is 0 Å². The zero-order chi connectivity index (χ0) is 24.9. The van der Waals surface area contributed by atoms with E-state index in [1.165, 1.54) is 0 Å². The summed E-state index contributed by atoms with van der Waals surface area (Å²) in [5, 5.41) is 25.2. The topological polar surface area (TPSA) is 114 Å². The SMILES string of the molecule is CC(C)(C)OC(=O)N1C2CCC1CC(Nc1ccc(-c3ccc(-n4cccn4)c4cn[nH]c34)nn1)C2. The second kappa shape index (κ2) is 8.61. The van der Waals surface area contributed by atoms with E-state index >= 15 is 0 Å². The van der Waals surface area contributed by atoms with Gasteiger partial charge in [0.1, 0.15) is 11.4 Å². The van der Waals surface area contributed by atoms with Crippen LogP contribution in [0.15, 0.2) is 48.9 Å². The number of ether oxygens (including phenoxy) is 1. The zero-order valence-electron chi connectivity index (χ0n) is 20.7. The minimum atomic E-state index is -0.482. The molecule has 36 heavy (non-hydrogen) atoms. The van der Waals surface area contributed by atoms with E-state index in [0.717, 1.165) is 59.3 Å². The van der Waals surface area contributed by atoms with Gasteiger partial charge >= 0.3 is 6.09 Å². The van der Waals surface area contributed by atoms with Crippen molar-refractivity contribution in [1.29, 1.82) is 0 Å². The third-order valence-electron chi connectivity index (χ3n) is 6.97. The highest BCUT2D eigenvalue weighted by Crippen LogP contribution is 2.38. The van der Waals surface area contributed by atoms with Crippen molar-refractivity contribution in [2.24, 2.45) is 0 Å². The van der Waals surface area contributed by atoms with Crippen LogP contribution < -0.4 is 5.32 Å². The summed E-state index contributed by atoms with van der Waals surface area (Å²) in [7, 11) is 0. The Hall–Kier alpha value is -3.95. The molecule has 5 heterocycles. The number of carbonyl (C=O) groups excluding carboxylic acids is 1. The summed E-state index contributed by atoms with van der Waals surface area (Å²) >= 11 is 0. The molecule has 2 saturated heterocycles. The second-order valence-corrected chi connectivity index (χ2v) is 10.6. The summed E-state index contributed by atoms with van der Waals surface area (Å²) < 4.78 is 7.47. The van der Waals surface area contributed by atoms with E-state index in [4.69, 9.17) is 4.74 Å². The summed E-state index contributed by atoms with van der Waals surface area (Å²) in [5.41, 5.74) is 3.06. The standard InChI is InChI=1S/C26H30N8O2/c1-26(2,3)36-25(35)34-17-5-6-18(34)14-16(13-17)29-23-10-8-21(30-31-23)19-7-9-22(33-12-4-11-28-33)20-15-27-32-24(19)20/h4,7-12,15-18H,5-6,13-14H2,1-3H3,(H,27,32)(H,29,31). The lowest BCUT2D eigenvalue weighted by atomic mass is 9.97. The molecule has 6 rings (SSSR count). The Balaban J connectivity index is 1.16. The predicted molar refractivity (Wildman–Crippen MR) is 136 cm³/mol. The maximum absolute atomic E-state index is 12.7. The van der Waals surface area contributed by atoms with Crippen LogP contribution in [0.25, 0.3) is 27.8 Å². The maximum Gasteiger partial charge on any atom is 0.410 e. The minimum absolute atomic E-state index is 0.193. The molecule has 3 aromatic heterocycles. The van der Waals surface area contributed by atoms with Crippen molar-refractivity contribution in [3.8, 4) is 16.9 Å². The van der Waals surface area contributed by atoms with Crippen LogP contribution in [0.1, 0.15) is 46.5 Å². The number of rotatable bonds is 4. The Morgan fingerprint density at radius 2 is 1.92 bits per heavy atom. The number of fused-ring (bicyclic) bond motifs is 3. The van der Waals surface area contributed by atoms with E-state index in [1.807, 2.05) is 66.9 Å². The second-order valence-electron chi connectivity index (χ2n) is 10.6. The number of nitrogens with one attached hydrogen (secondary N) is 2. The van der Waals surface area contributed by atoms with Crippen LogP contribution in [-0.4, -0.2) is 64.9 Å². The summed E-state index contributed by atoms with van der Waals surface area (Å²) in [6, 6.07) is 10.5. The number of benzene rings is 1. The molecular weight excluding hydrogens is 456 g/mol. The van der Waals surface area contributed by atoms with Crippen molar-refractivity contribution in [3.05, 3.63) is 48.9 Å². The molecule has 2 N–H and O–H groups in total. The number of hydrogen-bond donors (Lipinski definition) is 2. The quantitative estimate of drug-likeness (QED) is 0.435. The molecule has 186 valence electrons. The first kappa shape index (κ1) is 22.5. The fourth-order valence-corrected chi connectivity index (χ4v) is 5.52. The third kappa shape index (κ3) is 4.16. The highest BCUT2D eigenvalue weighted by Gasteiger charge is 2.44.